The molecule has 2 aromatic carbocycles. The van der Waals surface area contributed by atoms with Crippen LogP contribution in [0.2, 0.25) is 5.02 Å². The van der Waals surface area contributed by atoms with Crippen LogP contribution in [0, 0.1) is 39.9 Å². The number of benzene rings is 2. The highest BCUT2D eigenvalue weighted by Gasteiger charge is 2.40. The number of rotatable bonds is 4. The average Bonchev–Trinajstić information content (AvgIpc) is 2.55. The van der Waals surface area contributed by atoms with Crippen molar-refractivity contribution in [1.29, 1.82) is 0 Å². The highest BCUT2D eigenvalue weighted by Crippen LogP contribution is 2.45. The van der Waals surface area contributed by atoms with Crippen LogP contribution in [-0.2, 0) is 6.18 Å². The van der Waals surface area contributed by atoms with Crippen LogP contribution < -0.4 is 5.32 Å². The number of non-ortho nitro benzene ring substituents is 1. The molecule has 0 fully saturated rings. The van der Waals surface area contributed by atoms with Gasteiger partial charge < -0.3 is 5.32 Å². The fourth-order valence-electron chi connectivity index (χ4n) is 2.39. The number of nitro benzene ring substituents is 2. The van der Waals surface area contributed by atoms with E-state index in [1.54, 1.807) is 0 Å². The van der Waals surface area contributed by atoms with Crippen molar-refractivity contribution in [3.63, 3.8) is 0 Å². The topological polar surface area (TPSA) is 98.3 Å². The second-order valence-electron chi connectivity index (χ2n) is 5.54. The molecule has 0 bridgehead atoms. The summed E-state index contributed by atoms with van der Waals surface area (Å²) in [4.78, 5) is 19.6. The van der Waals surface area contributed by atoms with E-state index in [-0.39, 0.29) is 16.7 Å². The third kappa shape index (κ3) is 3.92. The minimum atomic E-state index is -5.19. The van der Waals surface area contributed by atoms with Crippen molar-refractivity contribution in [2.24, 2.45) is 0 Å². The molecule has 0 unspecified atom stereocenters. The predicted octanol–water partition coefficient (Wildman–Crippen LogP) is 5.67. The molecule has 12 heteroatoms. The lowest BCUT2D eigenvalue weighted by Crippen LogP contribution is -2.12. The van der Waals surface area contributed by atoms with Crippen molar-refractivity contribution in [2.45, 2.75) is 20.0 Å². The third-order valence-corrected chi connectivity index (χ3v) is 4.12. The van der Waals surface area contributed by atoms with Gasteiger partial charge in [0.2, 0.25) is 0 Å². The Labute approximate surface area is 153 Å². The van der Waals surface area contributed by atoms with Crippen LogP contribution in [0.25, 0.3) is 0 Å². The van der Waals surface area contributed by atoms with Gasteiger partial charge in [0.15, 0.2) is 5.82 Å². The fraction of sp³-hybridized carbons (Fsp3) is 0.200. The molecular formula is C15H10ClF4N3O4. The SMILES string of the molecule is Cc1cc(C)c(Cl)c(Nc2c([N+](=O)[O-])cc([N+](=O)[O-])cc2C(F)(F)F)c1F. The Hall–Kier alpha value is -2.95. The summed E-state index contributed by atoms with van der Waals surface area (Å²) in [6.45, 7) is 2.80. The number of nitrogens with zero attached hydrogens (tertiary/aromatic N) is 2. The van der Waals surface area contributed by atoms with Gasteiger partial charge in [0, 0.05) is 6.07 Å². The van der Waals surface area contributed by atoms with Crippen molar-refractivity contribution >= 4 is 34.4 Å². The van der Waals surface area contributed by atoms with Crippen molar-refractivity contribution in [1.82, 2.24) is 0 Å². The van der Waals surface area contributed by atoms with Gasteiger partial charge in [0.05, 0.1) is 32.2 Å². The van der Waals surface area contributed by atoms with Gasteiger partial charge in [0.25, 0.3) is 11.4 Å². The van der Waals surface area contributed by atoms with Gasteiger partial charge >= 0.3 is 6.18 Å². The average molecular weight is 408 g/mol. The summed E-state index contributed by atoms with van der Waals surface area (Å²) < 4.78 is 54.5. The van der Waals surface area contributed by atoms with E-state index in [1.807, 2.05) is 5.32 Å². The maximum atomic E-state index is 14.4. The third-order valence-electron chi connectivity index (χ3n) is 3.63. The van der Waals surface area contributed by atoms with Crippen LogP contribution in [0.4, 0.5) is 40.3 Å². The Morgan fingerprint density at radius 2 is 1.59 bits per heavy atom. The predicted molar refractivity (Wildman–Crippen MR) is 88.9 cm³/mol. The number of anilines is 2. The first-order chi connectivity index (χ1) is 12.3. The minimum absolute atomic E-state index is 0.0394. The summed E-state index contributed by atoms with van der Waals surface area (Å²) in [7, 11) is 0. The maximum absolute atomic E-state index is 14.4. The van der Waals surface area contributed by atoms with Crippen molar-refractivity contribution < 1.29 is 27.4 Å². The smallest absolute Gasteiger partial charge is 0.346 e. The van der Waals surface area contributed by atoms with Gasteiger partial charge in [-0.25, -0.2) is 4.39 Å². The van der Waals surface area contributed by atoms with E-state index in [0.29, 0.717) is 11.6 Å². The lowest BCUT2D eigenvalue weighted by molar-refractivity contribution is -0.394. The number of nitro groups is 2. The standard InChI is InChI=1S/C15H10ClF4N3O4/c1-6-3-7(2)12(17)14(11(6)16)21-13-9(15(18,19)20)4-8(22(24)25)5-10(13)23(26)27/h3-5,21H,1-2H3. The molecule has 1 N–H and O–H groups in total. The first-order valence-electron chi connectivity index (χ1n) is 7.10. The van der Waals surface area contributed by atoms with E-state index < -0.39 is 50.2 Å². The van der Waals surface area contributed by atoms with Crippen LogP contribution in [0.1, 0.15) is 16.7 Å². The Kier molecular flexibility index (Phi) is 5.27. The van der Waals surface area contributed by atoms with Crippen LogP contribution in [0.15, 0.2) is 18.2 Å². The van der Waals surface area contributed by atoms with E-state index in [1.165, 1.54) is 19.9 Å². The summed E-state index contributed by atoms with van der Waals surface area (Å²) in [5, 5.41) is 23.8. The second-order valence-corrected chi connectivity index (χ2v) is 5.92. The summed E-state index contributed by atoms with van der Waals surface area (Å²) in [6.07, 6.45) is -5.19. The quantitative estimate of drug-likeness (QED) is 0.399. The first-order valence-corrected chi connectivity index (χ1v) is 7.48. The van der Waals surface area contributed by atoms with Gasteiger partial charge in [-0.2, -0.15) is 13.2 Å². The number of nitrogens with one attached hydrogen (secondary N) is 1. The largest absolute Gasteiger partial charge is 0.418 e. The summed E-state index contributed by atoms with van der Waals surface area (Å²) >= 11 is 5.94. The molecule has 7 nitrogen and oxygen atoms in total. The fourth-order valence-corrected chi connectivity index (χ4v) is 2.58. The van der Waals surface area contributed by atoms with E-state index >= 15 is 0 Å². The molecule has 0 heterocycles. The van der Waals surface area contributed by atoms with Gasteiger partial charge in [0.1, 0.15) is 5.69 Å². The molecule has 0 amide bonds. The van der Waals surface area contributed by atoms with Gasteiger partial charge in [-0.1, -0.05) is 17.7 Å². The monoisotopic (exact) mass is 407 g/mol. The van der Waals surface area contributed by atoms with Gasteiger partial charge in [-0.3, -0.25) is 20.2 Å². The zero-order valence-corrected chi connectivity index (χ0v) is 14.4. The Bertz CT molecular complexity index is 937. The molecule has 0 radical (unpaired) electrons. The number of hydrogen-bond donors (Lipinski definition) is 1. The Morgan fingerprint density at radius 1 is 1.00 bits per heavy atom. The van der Waals surface area contributed by atoms with E-state index in [9.17, 15) is 37.8 Å². The number of hydrogen-bond acceptors (Lipinski definition) is 5. The molecule has 2 rings (SSSR count). The van der Waals surface area contributed by atoms with E-state index in [2.05, 4.69) is 0 Å². The molecule has 27 heavy (non-hydrogen) atoms. The molecule has 0 saturated carbocycles. The van der Waals surface area contributed by atoms with Crippen LogP contribution in [0.3, 0.4) is 0 Å². The summed E-state index contributed by atoms with van der Waals surface area (Å²) in [5.41, 5.74) is -5.47. The molecular weight excluding hydrogens is 398 g/mol. The van der Waals surface area contributed by atoms with Crippen molar-refractivity contribution in [2.75, 3.05) is 5.32 Å². The van der Waals surface area contributed by atoms with E-state index in [0.717, 1.165) is 0 Å². The molecule has 2 aromatic rings. The van der Waals surface area contributed by atoms with E-state index in [4.69, 9.17) is 11.6 Å². The highest BCUT2D eigenvalue weighted by atomic mass is 35.5. The second kappa shape index (κ2) is 6.99. The normalized spacial score (nSPS) is 11.4. The van der Waals surface area contributed by atoms with Crippen molar-refractivity contribution in [3.05, 3.63) is 66.0 Å². The molecule has 144 valence electrons. The van der Waals surface area contributed by atoms with Gasteiger partial charge in [-0.05, 0) is 25.0 Å². The lowest BCUT2D eigenvalue weighted by atomic mass is 10.1. The minimum Gasteiger partial charge on any atom is -0.346 e. The molecule has 0 atom stereocenters. The Morgan fingerprint density at radius 3 is 2.07 bits per heavy atom. The van der Waals surface area contributed by atoms with Gasteiger partial charge in [-0.15, -0.1) is 0 Å². The molecule has 0 saturated heterocycles. The maximum Gasteiger partial charge on any atom is 0.418 e. The molecule has 0 aliphatic heterocycles. The highest BCUT2D eigenvalue weighted by molar-refractivity contribution is 6.34. The molecule has 0 spiro atoms. The van der Waals surface area contributed by atoms with Crippen LogP contribution >= 0.6 is 11.6 Å². The zero-order chi connectivity index (χ0) is 20.7. The summed E-state index contributed by atoms with van der Waals surface area (Å²) in [5.74, 6) is -1.01. The van der Waals surface area contributed by atoms with Crippen molar-refractivity contribution in [3.8, 4) is 0 Å². The number of aryl methyl sites for hydroxylation is 2. The number of alkyl halides is 3. The Balaban J connectivity index is 2.84. The zero-order valence-electron chi connectivity index (χ0n) is 13.6. The summed E-state index contributed by atoms with van der Waals surface area (Å²) in [6, 6.07) is 1.83. The molecule has 0 aliphatic carbocycles. The lowest BCUT2D eigenvalue weighted by Gasteiger charge is -2.17. The first kappa shape index (κ1) is 20.4. The van der Waals surface area contributed by atoms with Crippen LogP contribution in [0.5, 0.6) is 0 Å². The molecule has 0 aliphatic rings. The number of halogens is 5. The molecule has 0 aromatic heterocycles. The van der Waals surface area contributed by atoms with Crippen LogP contribution in [-0.4, -0.2) is 9.85 Å².